The van der Waals surface area contributed by atoms with Crippen molar-refractivity contribution < 1.29 is 28.6 Å². The number of allylic oxidation sites excluding steroid dienone is 2. The van der Waals surface area contributed by atoms with Gasteiger partial charge in [-0.05, 0) is 38.5 Å². The molecule has 0 aliphatic carbocycles. The topological polar surface area (TPSA) is 78.9 Å². The van der Waals surface area contributed by atoms with Gasteiger partial charge in [0.2, 0.25) is 0 Å². The largest absolute Gasteiger partial charge is 0.462 e. The molecule has 0 aromatic carbocycles. The molecule has 0 N–H and O–H groups in total. The van der Waals surface area contributed by atoms with E-state index in [1.807, 2.05) is 0 Å². The monoisotopic (exact) mass is 931 g/mol. The zero-order chi connectivity index (χ0) is 47.9. The molecule has 0 spiro atoms. The molecular weight excluding hydrogens is 817 g/mol. The van der Waals surface area contributed by atoms with Crippen molar-refractivity contribution in [1.82, 2.24) is 0 Å². The molecule has 66 heavy (non-hydrogen) atoms. The van der Waals surface area contributed by atoms with E-state index >= 15 is 0 Å². The maximum absolute atomic E-state index is 12.8. The standard InChI is InChI=1S/C60H114O6/c1-4-7-10-13-16-19-22-24-25-26-27-28-29-30-31-32-33-34-36-38-41-44-47-50-53-59(62)65-56-57(55-64-58(61)52-49-46-43-40-37-21-18-15-12-9-6-3)66-60(63)54-51-48-45-42-39-35-23-20-17-14-11-8-5-2/h15,18,57H,4-14,16-17,19-56H2,1-3H3/b18-15-. The van der Waals surface area contributed by atoms with Crippen LogP contribution in [-0.4, -0.2) is 37.2 Å². The number of hydrogen-bond donors (Lipinski definition) is 0. The van der Waals surface area contributed by atoms with Gasteiger partial charge >= 0.3 is 17.9 Å². The smallest absolute Gasteiger partial charge is 0.306 e. The van der Waals surface area contributed by atoms with Gasteiger partial charge in [0.1, 0.15) is 13.2 Å². The molecule has 0 heterocycles. The van der Waals surface area contributed by atoms with Crippen molar-refractivity contribution in [2.45, 2.75) is 341 Å². The van der Waals surface area contributed by atoms with E-state index in [1.165, 1.54) is 231 Å². The lowest BCUT2D eigenvalue weighted by Crippen LogP contribution is -2.30. The highest BCUT2D eigenvalue weighted by Crippen LogP contribution is 2.18. The lowest BCUT2D eigenvalue weighted by Gasteiger charge is -2.18. The van der Waals surface area contributed by atoms with Crippen molar-refractivity contribution in [2.75, 3.05) is 13.2 Å². The second-order valence-electron chi connectivity index (χ2n) is 20.3. The van der Waals surface area contributed by atoms with Crippen LogP contribution in [0.1, 0.15) is 335 Å². The van der Waals surface area contributed by atoms with Gasteiger partial charge in [0.15, 0.2) is 6.10 Å². The number of esters is 3. The van der Waals surface area contributed by atoms with Gasteiger partial charge in [0.25, 0.3) is 0 Å². The molecule has 0 fully saturated rings. The summed E-state index contributed by atoms with van der Waals surface area (Å²) in [4.78, 5) is 38.1. The van der Waals surface area contributed by atoms with Gasteiger partial charge in [-0.25, -0.2) is 0 Å². The maximum atomic E-state index is 12.8. The second-order valence-corrected chi connectivity index (χ2v) is 20.3. The van der Waals surface area contributed by atoms with Gasteiger partial charge < -0.3 is 14.2 Å². The Morgan fingerprint density at radius 3 is 0.803 bits per heavy atom. The van der Waals surface area contributed by atoms with Crippen molar-refractivity contribution in [3.8, 4) is 0 Å². The minimum absolute atomic E-state index is 0.0667. The Morgan fingerprint density at radius 2 is 0.515 bits per heavy atom. The van der Waals surface area contributed by atoms with E-state index in [-0.39, 0.29) is 31.1 Å². The van der Waals surface area contributed by atoms with Crippen LogP contribution in [0.5, 0.6) is 0 Å². The number of ether oxygens (including phenoxy) is 3. The fourth-order valence-corrected chi connectivity index (χ4v) is 9.02. The first-order chi connectivity index (χ1) is 32.5. The van der Waals surface area contributed by atoms with Gasteiger partial charge in [-0.15, -0.1) is 0 Å². The van der Waals surface area contributed by atoms with Crippen LogP contribution in [0.3, 0.4) is 0 Å². The molecule has 0 amide bonds. The molecule has 390 valence electrons. The van der Waals surface area contributed by atoms with E-state index in [9.17, 15) is 14.4 Å². The van der Waals surface area contributed by atoms with Crippen molar-refractivity contribution in [3.63, 3.8) is 0 Å². The molecule has 0 bridgehead atoms. The summed E-state index contributed by atoms with van der Waals surface area (Å²) in [5.74, 6) is -0.854. The first-order valence-corrected chi connectivity index (χ1v) is 29.7. The summed E-state index contributed by atoms with van der Waals surface area (Å²) >= 11 is 0. The van der Waals surface area contributed by atoms with E-state index in [0.29, 0.717) is 19.3 Å². The van der Waals surface area contributed by atoms with Crippen molar-refractivity contribution >= 4 is 17.9 Å². The first kappa shape index (κ1) is 64.2. The summed E-state index contributed by atoms with van der Waals surface area (Å²) in [6, 6.07) is 0. The normalized spacial score (nSPS) is 12.0. The van der Waals surface area contributed by atoms with Crippen LogP contribution in [-0.2, 0) is 28.6 Å². The maximum Gasteiger partial charge on any atom is 0.306 e. The molecule has 0 saturated carbocycles. The zero-order valence-electron chi connectivity index (χ0n) is 44.7. The lowest BCUT2D eigenvalue weighted by atomic mass is 10.0. The second kappa shape index (κ2) is 55.7. The molecule has 6 heteroatoms. The van der Waals surface area contributed by atoms with Gasteiger partial charge in [-0.2, -0.15) is 0 Å². The van der Waals surface area contributed by atoms with Crippen LogP contribution in [0.15, 0.2) is 12.2 Å². The highest BCUT2D eigenvalue weighted by Gasteiger charge is 2.19. The lowest BCUT2D eigenvalue weighted by molar-refractivity contribution is -0.167. The molecule has 0 aliphatic rings. The number of rotatable bonds is 55. The number of hydrogen-bond acceptors (Lipinski definition) is 6. The van der Waals surface area contributed by atoms with E-state index < -0.39 is 6.10 Å². The average molecular weight is 932 g/mol. The van der Waals surface area contributed by atoms with Crippen LogP contribution in [0.4, 0.5) is 0 Å². The zero-order valence-corrected chi connectivity index (χ0v) is 44.7. The molecular formula is C60H114O6. The molecule has 0 aromatic heterocycles. The van der Waals surface area contributed by atoms with Gasteiger partial charge in [-0.3, -0.25) is 14.4 Å². The highest BCUT2D eigenvalue weighted by atomic mass is 16.6. The van der Waals surface area contributed by atoms with Crippen LogP contribution in [0, 0.1) is 0 Å². The van der Waals surface area contributed by atoms with Crippen LogP contribution in [0.2, 0.25) is 0 Å². The molecule has 0 rings (SSSR count). The third-order valence-corrected chi connectivity index (χ3v) is 13.5. The quantitative estimate of drug-likeness (QED) is 0.0262. The fraction of sp³-hybridized carbons (Fsp3) is 0.917. The fourth-order valence-electron chi connectivity index (χ4n) is 9.02. The summed E-state index contributed by atoms with van der Waals surface area (Å²) in [6.45, 7) is 6.65. The van der Waals surface area contributed by atoms with Crippen molar-refractivity contribution in [3.05, 3.63) is 12.2 Å². The number of carbonyl (C=O) groups excluding carboxylic acids is 3. The highest BCUT2D eigenvalue weighted by molar-refractivity contribution is 5.71. The summed E-state index contributed by atoms with van der Waals surface area (Å²) < 4.78 is 16.8. The Morgan fingerprint density at radius 1 is 0.288 bits per heavy atom. The Labute approximate surface area is 411 Å². The molecule has 0 saturated heterocycles. The Bertz CT molecular complexity index is 1020. The van der Waals surface area contributed by atoms with E-state index in [0.717, 1.165) is 64.2 Å². The number of carbonyl (C=O) groups is 3. The SMILES string of the molecule is CCCC/C=C\CCCCCCCC(=O)OCC(COC(=O)CCCCCCCCCCCCCCCCCCCCCCCCCC)OC(=O)CCCCCCCCCCCCCCC. The van der Waals surface area contributed by atoms with Crippen LogP contribution < -0.4 is 0 Å². The predicted octanol–water partition coefficient (Wildman–Crippen LogP) is 19.7. The Hall–Kier alpha value is -1.85. The minimum atomic E-state index is -0.767. The third kappa shape index (κ3) is 53.1. The summed E-state index contributed by atoms with van der Waals surface area (Å²) in [5, 5.41) is 0. The molecule has 0 radical (unpaired) electrons. The first-order valence-electron chi connectivity index (χ1n) is 29.7. The molecule has 1 atom stereocenters. The Kier molecular flexibility index (Phi) is 54.2. The minimum Gasteiger partial charge on any atom is -0.462 e. The van der Waals surface area contributed by atoms with Gasteiger partial charge in [0.05, 0.1) is 0 Å². The third-order valence-electron chi connectivity index (χ3n) is 13.5. The van der Waals surface area contributed by atoms with E-state index in [2.05, 4.69) is 32.9 Å². The average Bonchev–Trinajstić information content (AvgIpc) is 3.31. The predicted molar refractivity (Wildman–Crippen MR) is 284 cm³/mol. The van der Waals surface area contributed by atoms with Crippen LogP contribution >= 0.6 is 0 Å². The molecule has 6 nitrogen and oxygen atoms in total. The summed E-state index contributed by atoms with van der Waals surface area (Å²) in [7, 11) is 0. The molecule has 1 unspecified atom stereocenters. The summed E-state index contributed by atoms with van der Waals surface area (Å²) in [5.41, 5.74) is 0. The molecule has 0 aromatic rings. The Balaban J connectivity index is 4.15. The van der Waals surface area contributed by atoms with Crippen LogP contribution in [0.25, 0.3) is 0 Å². The van der Waals surface area contributed by atoms with Gasteiger partial charge in [-0.1, -0.05) is 290 Å². The summed E-state index contributed by atoms with van der Waals surface area (Å²) in [6.07, 6.45) is 63.6. The van der Waals surface area contributed by atoms with E-state index in [4.69, 9.17) is 14.2 Å². The molecule has 0 aliphatic heterocycles. The van der Waals surface area contributed by atoms with Crippen molar-refractivity contribution in [2.24, 2.45) is 0 Å². The van der Waals surface area contributed by atoms with E-state index in [1.54, 1.807) is 0 Å². The number of unbranched alkanes of at least 4 members (excludes halogenated alkanes) is 42. The van der Waals surface area contributed by atoms with Gasteiger partial charge in [0, 0.05) is 19.3 Å². The van der Waals surface area contributed by atoms with Crippen molar-refractivity contribution in [1.29, 1.82) is 0 Å².